The smallest absolute Gasteiger partial charge is 0.235 e. The molecule has 6 heteroatoms. The molecule has 0 saturated carbocycles. The van der Waals surface area contributed by atoms with Gasteiger partial charge in [-0.3, -0.25) is 4.79 Å². The molecule has 0 radical (unpaired) electrons. The van der Waals surface area contributed by atoms with E-state index in [2.05, 4.69) is 0 Å². The number of ether oxygens (including phenoxy) is 3. The molecule has 4 aromatic rings. The molecule has 0 fully saturated rings. The molecule has 4 rings (SSSR count). The molecule has 1 heterocycles. The lowest BCUT2D eigenvalue weighted by Gasteiger charge is -2.14. The Morgan fingerprint density at radius 2 is 1.71 bits per heavy atom. The van der Waals surface area contributed by atoms with Crippen molar-refractivity contribution in [2.24, 2.45) is 0 Å². The Labute approximate surface area is 184 Å². The Balaban J connectivity index is 1.89. The first-order chi connectivity index (χ1) is 15.0. The summed E-state index contributed by atoms with van der Waals surface area (Å²) in [5.41, 5.74) is 2.81. The van der Waals surface area contributed by atoms with Crippen LogP contribution in [0.5, 0.6) is 17.2 Å². The molecular weight excluding hydrogens is 416 g/mol. The molecule has 0 aliphatic heterocycles. The molecule has 1 aromatic heterocycles. The maximum absolute atomic E-state index is 13.4. The molecule has 0 saturated heterocycles. The quantitative estimate of drug-likeness (QED) is 0.370. The van der Waals surface area contributed by atoms with Gasteiger partial charge >= 0.3 is 0 Å². The molecule has 158 valence electrons. The Morgan fingerprint density at radius 1 is 0.935 bits per heavy atom. The minimum absolute atomic E-state index is 0.116. The van der Waals surface area contributed by atoms with Crippen LogP contribution < -0.4 is 19.6 Å². The Bertz CT molecular complexity index is 1310. The predicted octanol–water partition coefficient (Wildman–Crippen LogP) is 6.02. The molecule has 0 bridgehead atoms. The number of aryl methyl sites for hydroxylation is 1. The summed E-state index contributed by atoms with van der Waals surface area (Å²) in [6, 6.07) is 18.1. The van der Waals surface area contributed by atoms with Gasteiger partial charge in [-0.15, -0.1) is 0 Å². The van der Waals surface area contributed by atoms with E-state index in [-0.39, 0.29) is 17.8 Å². The lowest BCUT2D eigenvalue weighted by molar-refractivity contribution is 0.297. The Kier molecular flexibility index (Phi) is 5.87. The van der Waals surface area contributed by atoms with Gasteiger partial charge in [0.2, 0.25) is 11.2 Å². The largest absolute Gasteiger partial charge is 0.493 e. The lowest BCUT2D eigenvalue weighted by Crippen LogP contribution is -2.11. The maximum atomic E-state index is 13.4. The van der Waals surface area contributed by atoms with Gasteiger partial charge in [-0.2, -0.15) is 0 Å². The van der Waals surface area contributed by atoms with Crippen molar-refractivity contribution >= 4 is 22.6 Å². The first-order valence-corrected chi connectivity index (χ1v) is 10.1. The summed E-state index contributed by atoms with van der Waals surface area (Å²) < 4.78 is 22.9. The van der Waals surface area contributed by atoms with E-state index in [1.807, 2.05) is 31.2 Å². The molecule has 3 aromatic carbocycles. The van der Waals surface area contributed by atoms with Gasteiger partial charge in [0, 0.05) is 10.6 Å². The van der Waals surface area contributed by atoms with Crippen LogP contribution in [0.1, 0.15) is 11.1 Å². The number of hydrogen-bond acceptors (Lipinski definition) is 5. The number of halogens is 1. The summed E-state index contributed by atoms with van der Waals surface area (Å²) >= 11 is 6.11. The van der Waals surface area contributed by atoms with Crippen molar-refractivity contribution in [3.05, 3.63) is 87.0 Å². The summed E-state index contributed by atoms with van der Waals surface area (Å²) in [7, 11) is 3.12. The van der Waals surface area contributed by atoms with Gasteiger partial charge in [-0.1, -0.05) is 35.9 Å². The highest BCUT2D eigenvalue weighted by atomic mass is 35.5. The molecule has 0 unspecified atom stereocenters. The number of fused-ring (bicyclic) bond motifs is 1. The van der Waals surface area contributed by atoms with E-state index in [9.17, 15) is 4.79 Å². The van der Waals surface area contributed by atoms with E-state index in [0.717, 1.165) is 11.1 Å². The summed E-state index contributed by atoms with van der Waals surface area (Å²) in [6.45, 7) is 2.22. The highest BCUT2D eigenvalue weighted by molar-refractivity contribution is 6.31. The van der Waals surface area contributed by atoms with Crippen LogP contribution in [0, 0.1) is 6.92 Å². The second-order valence-corrected chi connectivity index (χ2v) is 7.45. The normalized spacial score (nSPS) is 10.8. The molecule has 0 amide bonds. The van der Waals surface area contributed by atoms with E-state index in [4.69, 9.17) is 30.2 Å². The number of methoxy groups -OCH3 is 2. The average Bonchev–Trinajstić information content (AvgIpc) is 2.79. The second kappa shape index (κ2) is 8.74. The van der Waals surface area contributed by atoms with E-state index >= 15 is 0 Å². The van der Waals surface area contributed by atoms with Crippen LogP contribution >= 0.6 is 11.6 Å². The lowest BCUT2D eigenvalue weighted by atomic mass is 10.1. The van der Waals surface area contributed by atoms with Gasteiger partial charge in [0.05, 0.1) is 19.6 Å². The van der Waals surface area contributed by atoms with Gasteiger partial charge < -0.3 is 18.6 Å². The van der Waals surface area contributed by atoms with Crippen LogP contribution in [0.25, 0.3) is 22.3 Å². The summed E-state index contributed by atoms with van der Waals surface area (Å²) in [6.07, 6.45) is 0. The minimum atomic E-state index is -0.290. The first kappa shape index (κ1) is 20.8. The third-order valence-corrected chi connectivity index (χ3v) is 5.32. The van der Waals surface area contributed by atoms with Crippen molar-refractivity contribution < 1.29 is 18.6 Å². The molecule has 0 N–H and O–H groups in total. The zero-order valence-electron chi connectivity index (χ0n) is 17.4. The van der Waals surface area contributed by atoms with E-state index in [1.54, 1.807) is 50.6 Å². The van der Waals surface area contributed by atoms with E-state index in [1.165, 1.54) is 0 Å². The van der Waals surface area contributed by atoms with Crippen LogP contribution in [-0.2, 0) is 6.61 Å². The zero-order chi connectivity index (χ0) is 22.0. The van der Waals surface area contributed by atoms with Crippen LogP contribution in [0.3, 0.4) is 0 Å². The third-order valence-electron chi connectivity index (χ3n) is 5.09. The Morgan fingerprint density at radius 3 is 2.45 bits per heavy atom. The molecule has 0 aliphatic carbocycles. The van der Waals surface area contributed by atoms with Gasteiger partial charge in [0.15, 0.2) is 17.3 Å². The maximum Gasteiger partial charge on any atom is 0.235 e. The van der Waals surface area contributed by atoms with Crippen LogP contribution in [0.15, 0.2) is 69.9 Å². The van der Waals surface area contributed by atoms with Gasteiger partial charge in [0.25, 0.3) is 0 Å². The fraction of sp³-hybridized carbons (Fsp3) is 0.160. The Hall–Kier alpha value is -3.44. The zero-order valence-corrected chi connectivity index (χ0v) is 18.2. The monoisotopic (exact) mass is 436 g/mol. The molecule has 31 heavy (non-hydrogen) atoms. The van der Waals surface area contributed by atoms with Gasteiger partial charge in [0.1, 0.15) is 12.2 Å². The first-order valence-electron chi connectivity index (χ1n) is 9.68. The molecule has 0 aliphatic rings. The van der Waals surface area contributed by atoms with Crippen molar-refractivity contribution in [1.82, 2.24) is 0 Å². The highest BCUT2D eigenvalue weighted by Gasteiger charge is 2.20. The van der Waals surface area contributed by atoms with Crippen LogP contribution in [-0.4, -0.2) is 14.2 Å². The van der Waals surface area contributed by atoms with E-state index in [0.29, 0.717) is 38.8 Å². The predicted molar refractivity (Wildman–Crippen MR) is 122 cm³/mol. The van der Waals surface area contributed by atoms with E-state index < -0.39 is 0 Å². The standard InChI is InChI=1S/C25H21ClO5/c1-15-6-4-5-7-17(15)14-30-25-23(27)19-13-18(26)9-11-20(19)31-24(25)16-8-10-21(28-2)22(12-16)29-3/h4-13H,14H2,1-3H3. The van der Waals surface area contributed by atoms with Crippen molar-refractivity contribution in [2.75, 3.05) is 14.2 Å². The van der Waals surface area contributed by atoms with Crippen LogP contribution in [0.2, 0.25) is 5.02 Å². The molecular formula is C25H21ClO5. The fourth-order valence-electron chi connectivity index (χ4n) is 3.37. The van der Waals surface area contributed by atoms with Gasteiger partial charge in [-0.05, 0) is 54.4 Å². The topological polar surface area (TPSA) is 57.9 Å². The molecule has 0 spiro atoms. The second-order valence-electron chi connectivity index (χ2n) is 7.01. The summed E-state index contributed by atoms with van der Waals surface area (Å²) in [5.74, 6) is 1.52. The molecule has 0 atom stereocenters. The SMILES string of the molecule is COc1ccc(-c2oc3ccc(Cl)cc3c(=O)c2OCc2ccccc2C)cc1OC. The van der Waals surface area contributed by atoms with Gasteiger partial charge in [-0.25, -0.2) is 0 Å². The summed E-state index contributed by atoms with van der Waals surface area (Å²) in [5, 5.41) is 0.806. The van der Waals surface area contributed by atoms with Crippen molar-refractivity contribution in [2.45, 2.75) is 13.5 Å². The number of hydrogen-bond donors (Lipinski definition) is 0. The number of benzene rings is 3. The minimum Gasteiger partial charge on any atom is -0.493 e. The fourth-order valence-corrected chi connectivity index (χ4v) is 3.54. The van der Waals surface area contributed by atoms with Crippen molar-refractivity contribution in [1.29, 1.82) is 0 Å². The average molecular weight is 437 g/mol. The highest BCUT2D eigenvalue weighted by Crippen LogP contribution is 2.37. The molecule has 5 nitrogen and oxygen atoms in total. The number of rotatable bonds is 6. The van der Waals surface area contributed by atoms with Crippen molar-refractivity contribution in [3.8, 4) is 28.6 Å². The third kappa shape index (κ3) is 4.09. The van der Waals surface area contributed by atoms with Crippen LogP contribution in [0.4, 0.5) is 0 Å². The summed E-state index contributed by atoms with van der Waals surface area (Å²) in [4.78, 5) is 13.4. The van der Waals surface area contributed by atoms with Crippen molar-refractivity contribution in [3.63, 3.8) is 0 Å².